The molecule has 85 heavy (non-hydrogen) atoms. The molecule has 22 heteroatoms. The molecular formula is C63H84B2IN4O14Si. The van der Waals surface area contributed by atoms with E-state index in [0.29, 0.717) is 128 Å². The van der Waals surface area contributed by atoms with Crippen molar-refractivity contribution in [3.05, 3.63) is 99.4 Å². The number of alkyl halides is 1. The van der Waals surface area contributed by atoms with Crippen molar-refractivity contribution in [2.24, 2.45) is 0 Å². The van der Waals surface area contributed by atoms with Crippen molar-refractivity contribution in [1.29, 1.82) is 0 Å². The Hall–Kier alpha value is -5.51. The van der Waals surface area contributed by atoms with E-state index in [9.17, 15) is 29.0 Å². The first-order valence-corrected chi connectivity index (χ1v) is 33.8. The fraction of sp³-hybridized carbons (Fsp3) is 0.540. The molecule has 3 aromatic rings. The van der Waals surface area contributed by atoms with Crippen LogP contribution in [-0.4, -0.2) is 156 Å². The van der Waals surface area contributed by atoms with Crippen LogP contribution in [0.3, 0.4) is 0 Å². The van der Waals surface area contributed by atoms with Crippen LogP contribution in [-0.2, 0) is 51.0 Å². The second-order valence-electron chi connectivity index (χ2n) is 23.7. The van der Waals surface area contributed by atoms with Gasteiger partial charge in [0.25, 0.3) is 11.8 Å². The molecular weight excluding hydrogens is 1210 g/mol. The maximum Gasteiger partial charge on any atom is 0.409 e. The van der Waals surface area contributed by atoms with E-state index in [1.807, 2.05) is 75.2 Å². The number of hydrogen-bond acceptors (Lipinski definition) is 16. The van der Waals surface area contributed by atoms with Crippen LogP contribution in [0.1, 0.15) is 129 Å². The van der Waals surface area contributed by atoms with Crippen LogP contribution in [0.2, 0.25) is 25.0 Å². The summed E-state index contributed by atoms with van der Waals surface area (Å²) in [5, 5.41) is 11.1. The number of ketones is 2. The van der Waals surface area contributed by atoms with E-state index in [-0.39, 0.29) is 79.2 Å². The van der Waals surface area contributed by atoms with Gasteiger partial charge in [0, 0.05) is 79.8 Å². The topological polar surface area (TPSA) is 192 Å². The summed E-state index contributed by atoms with van der Waals surface area (Å²) in [7, 11) is -0.413. The summed E-state index contributed by atoms with van der Waals surface area (Å²) >= 11 is 2.07. The average molecular weight is 1300 g/mol. The monoisotopic (exact) mass is 1300 g/mol. The second kappa shape index (κ2) is 30.9. The number of benzene rings is 3. The first-order chi connectivity index (χ1) is 40.5. The molecule has 0 bridgehead atoms. The molecule has 457 valence electrons. The number of aryl methyl sites for hydroxylation is 1. The number of carbonyl (C=O) groups is 5. The first-order valence-electron chi connectivity index (χ1n) is 29.4. The number of carbonyl (C=O) groups excluding carboxylic acids is 5. The zero-order chi connectivity index (χ0) is 61.6. The standard InChI is InChI=1S/C63H84B2IN4O14Si/c1-42-27-53-45(4)70(65(8)76)55-35-59(58(77-9)33-52(55)61(75)67(53)37-42)83-40-48-31-46(15-12-13-16-49(72)18-20-79-22-24-81-26-25-80-23-21-78-19-14-17-50(73)36-66)30-47(32-48)39-82-57-34-54-51(29-44(57)3)60(74)68-38-43(2)28-56(68)62(69(54)64-41-71)84-85(10,11)63(5,6)7/h29-35,37-38,41,45,53,56,62,76H,13-14,16-28,36,39-40H2,1-11H3/t45-,53-,56-,62-/m0/s1. The molecule has 1 radical (unpaired) electrons. The SMILES string of the molecule is COc1cc2c(cc1OCc1cc(C#CCCC(=O)CCOCCOCCOCCOCCCC(=O)CI)cc(COc3cc4c(cc3C)C(=O)N3C=C(C)C[C@H]3[C@H](O[Si](C)(C)C(C)(C)C)N4[B]C=O)c1)N(B(C)O)[C@@H](C)[C@@H]1CC(C)=CN1C2=O. The van der Waals surface area contributed by atoms with Gasteiger partial charge in [0.2, 0.25) is 0 Å². The van der Waals surface area contributed by atoms with Crippen molar-refractivity contribution in [1.82, 2.24) is 9.80 Å². The van der Waals surface area contributed by atoms with Gasteiger partial charge >= 0.3 is 14.5 Å². The van der Waals surface area contributed by atoms with Gasteiger partial charge in [-0.15, -0.1) is 0 Å². The number of ether oxygens (including phenoxy) is 7. The third-order valence-corrected chi connectivity index (χ3v) is 21.4. The molecule has 0 fully saturated rings. The minimum Gasteiger partial charge on any atom is -0.493 e. The smallest absolute Gasteiger partial charge is 0.409 e. The van der Waals surface area contributed by atoms with E-state index in [1.165, 1.54) is 14.5 Å². The highest BCUT2D eigenvalue weighted by molar-refractivity contribution is 14.1. The Morgan fingerprint density at radius 3 is 1.91 bits per heavy atom. The Morgan fingerprint density at radius 2 is 1.32 bits per heavy atom. The van der Waals surface area contributed by atoms with Crippen molar-refractivity contribution >= 4 is 86.3 Å². The van der Waals surface area contributed by atoms with E-state index < -0.39 is 21.6 Å². The van der Waals surface area contributed by atoms with Crippen molar-refractivity contribution in [3.63, 3.8) is 0 Å². The molecule has 1 N–H and O–H groups in total. The van der Waals surface area contributed by atoms with Crippen molar-refractivity contribution in [2.75, 3.05) is 74.0 Å². The summed E-state index contributed by atoms with van der Waals surface area (Å²) in [5.74, 6) is 7.57. The van der Waals surface area contributed by atoms with Gasteiger partial charge < -0.3 is 66.8 Å². The van der Waals surface area contributed by atoms with E-state index in [2.05, 4.69) is 68.3 Å². The average Bonchev–Trinajstić information content (AvgIpc) is 1.88. The third-order valence-electron chi connectivity index (χ3n) is 16.1. The summed E-state index contributed by atoms with van der Waals surface area (Å²) < 4.78 is 49.0. The van der Waals surface area contributed by atoms with Crippen molar-refractivity contribution < 1.29 is 66.6 Å². The van der Waals surface area contributed by atoms with Gasteiger partial charge in [0.15, 0.2) is 19.8 Å². The largest absolute Gasteiger partial charge is 0.493 e. The molecule has 0 saturated carbocycles. The molecule has 18 nitrogen and oxygen atoms in total. The van der Waals surface area contributed by atoms with Gasteiger partial charge in [-0.2, -0.15) is 0 Å². The lowest BCUT2D eigenvalue weighted by atomic mass is 9.80. The summed E-state index contributed by atoms with van der Waals surface area (Å²) in [6.07, 6.45) is 7.21. The molecule has 0 unspecified atom stereocenters. The van der Waals surface area contributed by atoms with Crippen LogP contribution in [0.4, 0.5) is 11.4 Å². The fourth-order valence-electron chi connectivity index (χ4n) is 10.7. The molecule has 4 atom stereocenters. The maximum atomic E-state index is 14.5. The molecule has 0 saturated heterocycles. The number of halogens is 1. The van der Waals surface area contributed by atoms with Gasteiger partial charge in [0.1, 0.15) is 42.9 Å². The Morgan fingerprint density at radius 1 is 0.753 bits per heavy atom. The number of anilines is 2. The number of rotatable bonds is 31. The minimum absolute atomic E-state index is 0.0255. The Kier molecular flexibility index (Phi) is 24.4. The highest BCUT2D eigenvalue weighted by Gasteiger charge is 2.49. The second-order valence-corrected chi connectivity index (χ2v) is 29.3. The zero-order valence-corrected chi connectivity index (χ0v) is 54.5. The number of amides is 2. The van der Waals surface area contributed by atoms with E-state index in [0.717, 1.165) is 34.0 Å². The summed E-state index contributed by atoms with van der Waals surface area (Å²) in [6.45, 7) is 23.8. The summed E-state index contributed by atoms with van der Waals surface area (Å²) in [5.41, 5.74) is 6.86. The number of fused-ring (bicyclic) bond motifs is 4. The van der Waals surface area contributed by atoms with Gasteiger partial charge in [-0.25, -0.2) is 0 Å². The maximum absolute atomic E-state index is 14.5. The number of methoxy groups -OCH3 is 1. The lowest BCUT2D eigenvalue weighted by molar-refractivity contribution is -0.120. The van der Waals surface area contributed by atoms with Gasteiger partial charge in [-0.1, -0.05) is 66.3 Å². The molecule has 7 rings (SSSR count). The zero-order valence-electron chi connectivity index (χ0n) is 51.4. The fourth-order valence-corrected chi connectivity index (χ4v) is 12.3. The predicted octanol–water partition coefficient (Wildman–Crippen LogP) is 9.64. The molecule has 4 aliphatic rings. The van der Waals surface area contributed by atoms with Crippen LogP contribution >= 0.6 is 22.6 Å². The van der Waals surface area contributed by atoms with Gasteiger partial charge in [0.05, 0.1) is 81.0 Å². The number of Topliss-reactive ketones (excluding diaryl/α,β-unsaturated/α-hetero) is 2. The van der Waals surface area contributed by atoms with Crippen LogP contribution < -0.4 is 23.8 Å². The molecule has 4 aliphatic heterocycles. The molecule has 0 aromatic heterocycles. The Labute approximate surface area is 518 Å². The molecule has 3 aromatic carbocycles. The van der Waals surface area contributed by atoms with Crippen molar-refractivity contribution in [3.8, 4) is 29.1 Å². The van der Waals surface area contributed by atoms with Gasteiger partial charge in [-0.05, 0) is 119 Å². The highest BCUT2D eigenvalue weighted by atomic mass is 127. The Balaban J connectivity index is 1.06. The molecule has 2 amide bonds. The third kappa shape index (κ3) is 17.4. The lowest BCUT2D eigenvalue weighted by Gasteiger charge is -2.45. The molecule has 0 spiro atoms. The Bertz CT molecular complexity index is 3010. The highest BCUT2D eigenvalue weighted by Crippen LogP contribution is 2.45. The normalized spacial score (nSPS) is 18.3. The van der Waals surface area contributed by atoms with Gasteiger partial charge in [-0.3, -0.25) is 19.2 Å². The quantitative estimate of drug-likeness (QED) is 0.0160. The van der Waals surface area contributed by atoms with E-state index in [4.69, 9.17) is 37.6 Å². The van der Waals surface area contributed by atoms with E-state index in [1.54, 1.807) is 33.6 Å². The predicted molar refractivity (Wildman–Crippen MR) is 341 cm³/mol. The molecule has 0 aliphatic carbocycles. The summed E-state index contributed by atoms with van der Waals surface area (Å²) in [4.78, 5) is 72.7. The van der Waals surface area contributed by atoms with E-state index >= 15 is 0 Å². The first kappa shape index (κ1) is 67.0. The van der Waals surface area contributed by atoms with Crippen LogP contribution in [0.15, 0.2) is 66.0 Å². The lowest BCUT2D eigenvalue weighted by Crippen LogP contribution is -2.57. The minimum atomic E-state index is -2.47. The van der Waals surface area contributed by atoms with Crippen molar-refractivity contribution in [2.45, 2.75) is 156 Å². The number of nitrogens with zero attached hydrogens (tertiary/aromatic N) is 4. The number of hydrogen-bond donors (Lipinski definition) is 1. The van der Waals surface area contributed by atoms with Crippen LogP contribution in [0.5, 0.6) is 17.2 Å². The van der Waals surface area contributed by atoms with Crippen LogP contribution in [0.25, 0.3) is 0 Å². The summed E-state index contributed by atoms with van der Waals surface area (Å²) in [6, 6.07) is 12.1. The van der Waals surface area contributed by atoms with Crippen LogP contribution in [0, 0.1) is 18.8 Å². The molecule has 4 heterocycles.